The van der Waals surface area contributed by atoms with E-state index in [9.17, 15) is 4.79 Å². The molecular weight excluding hydrogens is 364 g/mol. The minimum atomic E-state index is -0.516. The topological polar surface area (TPSA) is 73.6 Å². The third kappa shape index (κ3) is 4.73. The maximum absolute atomic E-state index is 12.5. The van der Waals surface area contributed by atoms with E-state index in [0.29, 0.717) is 19.1 Å². The van der Waals surface area contributed by atoms with Crippen molar-refractivity contribution in [2.45, 2.75) is 45.1 Å². The zero-order chi connectivity index (χ0) is 20.9. The van der Waals surface area contributed by atoms with Gasteiger partial charge in [-0.3, -0.25) is 4.79 Å². The summed E-state index contributed by atoms with van der Waals surface area (Å²) in [6.45, 7) is 2.56. The van der Waals surface area contributed by atoms with Gasteiger partial charge >= 0.3 is 0 Å². The van der Waals surface area contributed by atoms with Gasteiger partial charge in [0.2, 0.25) is 5.91 Å². The molecule has 2 aromatic rings. The number of hydrogen-bond acceptors (Lipinski definition) is 4. The molecule has 3 N–H and O–H groups in total. The van der Waals surface area contributed by atoms with Crippen LogP contribution in [-0.4, -0.2) is 32.7 Å². The summed E-state index contributed by atoms with van der Waals surface area (Å²) in [4.78, 5) is 12.5. The van der Waals surface area contributed by atoms with Crippen LogP contribution in [-0.2, 0) is 11.2 Å². The van der Waals surface area contributed by atoms with Crippen LogP contribution in [0.5, 0.6) is 11.5 Å². The van der Waals surface area contributed by atoms with Gasteiger partial charge in [0.1, 0.15) is 11.5 Å². The second-order valence-electron chi connectivity index (χ2n) is 7.87. The number of ether oxygens (including phenoxy) is 2. The van der Waals surface area contributed by atoms with E-state index in [2.05, 4.69) is 17.4 Å². The molecule has 156 valence electrons. The Bertz CT molecular complexity index is 825. The molecule has 1 aliphatic rings. The molecule has 0 aliphatic heterocycles. The molecule has 0 heterocycles. The molecule has 0 aromatic heterocycles. The predicted molar refractivity (Wildman–Crippen MR) is 116 cm³/mol. The van der Waals surface area contributed by atoms with Crippen LogP contribution in [0.2, 0.25) is 0 Å². The standard InChI is InChI=1S/C24H32N2O3/c1-4-29-22-10-7-18(17-5-8-21(28-3)9-6-17)15-19(22)16-24(23(25)27)13-11-20(26-2)12-14-24/h5-10,15,20,26H,4,11-14,16H2,1-3H3,(H2,25,27). The van der Waals surface area contributed by atoms with Gasteiger partial charge in [0.25, 0.3) is 0 Å². The molecule has 1 aliphatic carbocycles. The zero-order valence-corrected chi connectivity index (χ0v) is 17.7. The Labute approximate surface area is 173 Å². The number of benzene rings is 2. The number of amides is 1. The largest absolute Gasteiger partial charge is 0.497 e. The molecule has 1 saturated carbocycles. The highest BCUT2D eigenvalue weighted by atomic mass is 16.5. The molecule has 0 bridgehead atoms. The molecule has 1 amide bonds. The van der Waals surface area contributed by atoms with Gasteiger partial charge in [-0.25, -0.2) is 0 Å². The van der Waals surface area contributed by atoms with Crippen molar-refractivity contribution < 1.29 is 14.3 Å². The zero-order valence-electron chi connectivity index (χ0n) is 17.7. The van der Waals surface area contributed by atoms with Crippen LogP contribution in [0.25, 0.3) is 11.1 Å². The summed E-state index contributed by atoms with van der Waals surface area (Å²) in [5.74, 6) is 1.46. The Balaban J connectivity index is 1.93. The number of nitrogens with two attached hydrogens (primary N) is 1. The molecule has 0 radical (unpaired) electrons. The second-order valence-corrected chi connectivity index (χ2v) is 7.87. The summed E-state index contributed by atoms with van der Waals surface area (Å²) in [5.41, 5.74) is 8.65. The van der Waals surface area contributed by atoms with E-state index in [4.69, 9.17) is 15.2 Å². The maximum Gasteiger partial charge on any atom is 0.223 e. The van der Waals surface area contributed by atoms with Crippen LogP contribution in [0.4, 0.5) is 0 Å². The van der Waals surface area contributed by atoms with Gasteiger partial charge in [-0.2, -0.15) is 0 Å². The first-order valence-electron chi connectivity index (χ1n) is 10.4. The molecule has 3 rings (SSSR count). The van der Waals surface area contributed by atoms with Crippen molar-refractivity contribution in [3.05, 3.63) is 48.0 Å². The van der Waals surface area contributed by atoms with E-state index in [-0.39, 0.29) is 5.91 Å². The van der Waals surface area contributed by atoms with E-state index < -0.39 is 5.41 Å². The first-order chi connectivity index (χ1) is 14.0. The molecule has 1 fully saturated rings. The first kappa shape index (κ1) is 21.2. The fourth-order valence-electron chi connectivity index (χ4n) is 4.31. The lowest BCUT2D eigenvalue weighted by atomic mass is 9.68. The van der Waals surface area contributed by atoms with Crippen molar-refractivity contribution in [3.8, 4) is 22.6 Å². The van der Waals surface area contributed by atoms with Crippen molar-refractivity contribution in [2.24, 2.45) is 11.1 Å². The van der Waals surface area contributed by atoms with Gasteiger partial charge in [-0.15, -0.1) is 0 Å². The highest BCUT2D eigenvalue weighted by Crippen LogP contribution is 2.41. The third-order valence-corrected chi connectivity index (χ3v) is 6.19. The summed E-state index contributed by atoms with van der Waals surface area (Å²) in [6.07, 6.45) is 4.12. The van der Waals surface area contributed by atoms with E-state index >= 15 is 0 Å². The SMILES string of the molecule is CCOc1ccc(-c2ccc(OC)cc2)cc1CC1(C(N)=O)CCC(NC)CC1. The molecule has 0 atom stereocenters. The maximum atomic E-state index is 12.5. The molecule has 0 spiro atoms. The Morgan fingerprint density at radius 2 is 1.79 bits per heavy atom. The molecule has 5 heteroatoms. The summed E-state index contributed by atoms with van der Waals surface area (Å²) < 4.78 is 11.1. The average Bonchev–Trinajstić information content (AvgIpc) is 2.75. The van der Waals surface area contributed by atoms with Gasteiger partial charge in [0.05, 0.1) is 19.1 Å². The van der Waals surface area contributed by atoms with E-state index in [1.54, 1.807) is 7.11 Å². The Morgan fingerprint density at radius 3 is 2.34 bits per heavy atom. The number of nitrogens with one attached hydrogen (secondary N) is 1. The van der Waals surface area contributed by atoms with Crippen LogP contribution in [0.3, 0.4) is 0 Å². The van der Waals surface area contributed by atoms with Crippen LogP contribution < -0.4 is 20.5 Å². The van der Waals surface area contributed by atoms with Crippen LogP contribution >= 0.6 is 0 Å². The van der Waals surface area contributed by atoms with Crippen molar-refractivity contribution in [1.82, 2.24) is 5.32 Å². The van der Waals surface area contributed by atoms with E-state index in [1.165, 1.54) is 0 Å². The highest BCUT2D eigenvalue weighted by Gasteiger charge is 2.40. The van der Waals surface area contributed by atoms with E-state index in [0.717, 1.165) is 53.9 Å². The monoisotopic (exact) mass is 396 g/mol. The number of primary amides is 1. The summed E-state index contributed by atoms with van der Waals surface area (Å²) in [7, 11) is 3.64. The van der Waals surface area contributed by atoms with Crippen molar-refractivity contribution in [3.63, 3.8) is 0 Å². The molecule has 29 heavy (non-hydrogen) atoms. The highest BCUT2D eigenvalue weighted by molar-refractivity contribution is 5.81. The fourth-order valence-corrected chi connectivity index (χ4v) is 4.31. The lowest BCUT2D eigenvalue weighted by Crippen LogP contribution is -2.45. The minimum Gasteiger partial charge on any atom is -0.497 e. The Hall–Kier alpha value is -2.53. The lowest BCUT2D eigenvalue weighted by molar-refractivity contribution is -0.129. The number of carbonyl (C=O) groups is 1. The van der Waals surface area contributed by atoms with E-state index in [1.807, 2.05) is 44.3 Å². The lowest BCUT2D eigenvalue weighted by Gasteiger charge is -2.38. The van der Waals surface area contributed by atoms with Crippen molar-refractivity contribution >= 4 is 5.91 Å². The van der Waals surface area contributed by atoms with Gasteiger partial charge in [0.15, 0.2) is 0 Å². The Morgan fingerprint density at radius 1 is 1.14 bits per heavy atom. The normalized spacial score (nSPS) is 21.6. The minimum absolute atomic E-state index is 0.204. The number of hydrogen-bond donors (Lipinski definition) is 2. The van der Waals surface area contributed by atoms with Gasteiger partial charge in [-0.1, -0.05) is 18.2 Å². The van der Waals surface area contributed by atoms with Crippen molar-refractivity contribution in [1.29, 1.82) is 0 Å². The molecular formula is C24H32N2O3. The molecule has 0 unspecified atom stereocenters. The van der Waals surface area contributed by atoms with Crippen molar-refractivity contribution in [2.75, 3.05) is 20.8 Å². The van der Waals surface area contributed by atoms with Gasteiger partial charge in [0, 0.05) is 6.04 Å². The molecule has 5 nitrogen and oxygen atoms in total. The second kappa shape index (κ2) is 9.31. The smallest absolute Gasteiger partial charge is 0.223 e. The molecule has 2 aromatic carbocycles. The molecule has 0 saturated heterocycles. The van der Waals surface area contributed by atoms with Crippen LogP contribution in [0, 0.1) is 5.41 Å². The summed E-state index contributed by atoms with van der Waals surface area (Å²) in [5, 5.41) is 3.33. The fraction of sp³-hybridized carbons (Fsp3) is 0.458. The van der Waals surface area contributed by atoms with Gasteiger partial charge in [-0.05, 0) is 87.0 Å². The number of rotatable bonds is 8. The Kier molecular flexibility index (Phi) is 6.80. The quantitative estimate of drug-likeness (QED) is 0.709. The first-order valence-corrected chi connectivity index (χ1v) is 10.4. The van der Waals surface area contributed by atoms with Crippen LogP contribution in [0.15, 0.2) is 42.5 Å². The van der Waals surface area contributed by atoms with Crippen LogP contribution in [0.1, 0.15) is 38.2 Å². The summed E-state index contributed by atoms with van der Waals surface area (Å²) in [6, 6.07) is 14.7. The average molecular weight is 397 g/mol. The number of carbonyl (C=O) groups excluding carboxylic acids is 1. The predicted octanol–water partition coefficient (Wildman–Crippen LogP) is 3.94. The third-order valence-electron chi connectivity index (χ3n) is 6.19. The summed E-state index contributed by atoms with van der Waals surface area (Å²) >= 11 is 0. The number of methoxy groups -OCH3 is 1. The van der Waals surface area contributed by atoms with Gasteiger partial charge < -0.3 is 20.5 Å².